The Kier molecular flexibility index (Phi) is 3.60. The molecule has 0 fully saturated rings. The molecule has 1 aliphatic rings. The molecule has 0 saturated heterocycles. The number of aliphatic hydroxyl groups is 1. The largest absolute Gasteiger partial charge is 0.388 e. The van der Waals surface area contributed by atoms with Crippen molar-refractivity contribution in [2.75, 3.05) is 7.05 Å². The molecule has 104 valence electrons. The molecule has 0 bridgehead atoms. The van der Waals surface area contributed by atoms with E-state index in [0.29, 0.717) is 6.04 Å². The molecule has 0 unspecified atom stereocenters. The molecular weight excluding hydrogens is 246 g/mol. The van der Waals surface area contributed by atoms with Crippen molar-refractivity contribution >= 4 is 0 Å². The van der Waals surface area contributed by atoms with Crippen LogP contribution in [0, 0.1) is 6.92 Å². The average molecular weight is 267 g/mol. The fraction of sp³-hybridized carbons (Fsp3) is 0.333. The Hall–Kier alpha value is -1.64. The van der Waals surface area contributed by atoms with Crippen LogP contribution in [-0.4, -0.2) is 17.1 Å². The lowest BCUT2D eigenvalue weighted by molar-refractivity contribution is 0.120. The van der Waals surface area contributed by atoms with E-state index in [1.807, 2.05) is 12.1 Å². The van der Waals surface area contributed by atoms with E-state index < -0.39 is 6.10 Å². The molecule has 2 aromatic carbocycles. The summed E-state index contributed by atoms with van der Waals surface area (Å²) in [5.41, 5.74) is 4.98. The van der Waals surface area contributed by atoms with Crippen molar-refractivity contribution in [1.29, 1.82) is 0 Å². The molecule has 0 aromatic heterocycles. The number of rotatable bonds is 3. The minimum atomic E-state index is -0.408. The predicted molar refractivity (Wildman–Crippen MR) is 81.4 cm³/mol. The first-order valence-corrected chi connectivity index (χ1v) is 7.18. The van der Waals surface area contributed by atoms with Crippen molar-refractivity contribution in [3.8, 4) is 0 Å². The van der Waals surface area contributed by atoms with Crippen molar-refractivity contribution < 1.29 is 5.11 Å². The molecule has 0 amide bonds. The number of fused-ring (bicyclic) bond motifs is 1. The summed E-state index contributed by atoms with van der Waals surface area (Å²) in [5, 5.41) is 10.5. The maximum Gasteiger partial charge on any atom is 0.0808 e. The summed E-state index contributed by atoms with van der Waals surface area (Å²) in [6.07, 6.45) is 0.338. The van der Waals surface area contributed by atoms with Gasteiger partial charge in [0.25, 0.3) is 0 Å². The molecule has 0 saturated carbocycles. The Labute approximate surface area is 120 Å². The van der Waals surface area contributed by atoms with Crippen LogP contribution in [0.4, 0.5) is 0 Å². The van der Waals surface area contributed by atoms with Gasteiger partial charge in [-0.05, 0) is 37.1 Å². The van der Waals surface area contributed by atoms with Gasteiger partial charge in [0, 0.05) is 12.6 Å². The fourth-order valence-corrected chi connectivity index (χ4v) is 3.06. The highest BCUT2D eigenvalue weighted by atomic mass is 16.3. The van der Waals surface area contributed by atoms with Gasteiger partial charge in [0.1, 0.15) is 0 Å². The third-order valence-electron chi connectivity index (χ3n) is 4.27. The van der Waals surface area contributed by atoms with E-state index >= 15 is 0 Å². The van der Waals surface area contributed by atoms with E-state index in [2.05, 4.69) is 55.3 Å². The first-order valence-electron chi connectivity index (χ1n) is 7.18. The highest BCUT2D eigenvalue weighted by Gasteiger charge is 2.29. The Bertz CT molecular complexity index is 591. The number of hydrogen-bond donors (Lipinski definition) is 1. The maximum absolute atomic E-state index is 10.5. The van der Waals surface area contributed by atoms with Crippen LogP contribution in [0.25, 0.3) is 0 Å². The summed E-state index contributed by atoms with van der Waals surface area (Å²) >= 11 is 0. The van der Waals surface area contributed by atoms with Crippen molar-refractivity contribution in [3.63, 3.8) is 0 Å². The van der Waals surface area contributed by atoms with Gasteiger partial charge in [-0.15, -0.1) is 0 Å². The second-order valence-electron chi connectivity index (χ2n) is 5.79. The van der Waals surface area contributed by atoms with Crippen LogP contribution in [0.3, 0.4) is 0 Å². The molecule has 1 heterocycles. The van der Waals surface area contributed by atoms with Crippen LogP contribution in [0.2, 0.25) is 0 Å². The second kappa shape index (κ2) is 5.39. The topological polar surface area (TPSA) is 23.5 Å². The van der Waals surface area contributed by atoms with Crippen molar-refractivity contribution in [2.45, 2.75) is 32.0 Å². The number of nitrogens with zero attached hydrogens (tertiary/aromatic N) is 1. The van der Waals surface area contributed by atoms with Gasteiger partial charge in [-0.3, -0.25) is 4.90 Å². The number of aliphatic hydroxyl groups excluding tert-OH is 1. The molecule has 0 radical (unpaired) electrons. The molecule has 2 nitrogen and oxygen atoms in total. The average Bonchev–Trinajstić information content (AvgIpc) is 2.76. The summed E-state index contributed by atoms with van der Waals surface area (Å²) in [5.74, 6) is 0. The van der Waals surface area contributed by atoms with Crippen LogP contribution in [0.5, 0.6) is 0 Å². The lowest BCUT2D eigenvalue weighted by Gasteiger charge is -2.23. The molecule has 20 heavy (non-hydrogen) atoms. The number of hydrogen-bond acceptors (Lipinski definition) is 2. The molecule has 2 aromatic rings. The van der Waals surface area contributed by atoms with E-state index in [4.69, 9.17) is 0 Å². The third kappa shape index (κ3) is 2.49. The van der Waals surface area contributed by atoms with E-state index in [1.165, 1.54) is 16.7 Å². The van der Waals surface area contributed by atoms with Crippen molar-refractivity contribution in [1.82, 2.24) is 4.90 Å². The van der Waals surface area contributed by atoms with Gasteiger partial charge in [0.2, 0.25) is 0 Å². The number of aryl methyl sites for hydroxylation is 1. The van der Waals surface area contributed by atoms with Gasteiger partial charge in [0.15, 0.2) is 0 Å². The van der Waals surface area contributed by atoms with Gasteiger partial charge >= 0.3 is 0 Å². The third-order valence-corrected chi connectivity index (χ3v) is 4.27. The standard InChI is InChI=1S/C18H21NO/c1-13-7-9-14(10-8-13)18(20)11-17-16-6-4-3-5-15(16)12-19(17)2/h3-10,17-18,20H,11-12H2,1-2H3/t17-,18+/m1/s1. The highest BCUT2D eigenvalue weighted by Crippen LogP contribution is 2.38. The predicted octanol–water partition coefficient (Wildman–Crippen LogP) is 3.61. The summed E-state index contributed by atoms with van der Waals surface area (Å²) in [6, 6.07) is 17.0. The van der Waals surface area contributed by atoms with Crippen LogP contribution in [0.15, 0.2) is 48.5 Å². The summed E-state index contributed by atoms with van der Waals surface area (Å²) < 4.78 is 0. The monoisotopic (exact) mass is 267 g/mol. The fourth-order valence-electron chi connectivity index (χ4n) is 3.06. The molecule has 3 rings (SSSR count). The first-order chi connectivity index (χ1) is 9.65. The van der Waals surface area contributed by atoms with E-state index in [-0.39, 0.29) is 0 Å². The second-order valence-corrected chi connectivity index (χ2v) is 5.79. The van der Waals surface area contributed by atoms with Crippen LogP contribution >= 0.6 is 0 Å². The van der Waals surface area contributed by atoms with Crippen molar-refractivity contribution in [2.24, 2.45) is 0 Å². The van der Waals surface area contributed by atoms with Crippen LogP contribution < -0.4 is 0 Å². The first kappa shape index (κ1) is 13.3. The Morgan fingerprint density at radius 2 is 1.85 bits per heavy atom. The van der Waals surface area contributed by atoms with Gasteiger partial charge in [-0.25, -0.2) is 0 Å². The maximum atomic E-state index is 10.5. The van der Waals surface area contributed by atoms with E-state index in [9.17, 15) is 5.11 Å². The van der Waals surface area contributed by atoms with E-state index in [1.54, 1.807) is 0 Å². The van der Waals surface area contributed by atoms with Gasteiger partial charge in [0.05, 0.1) is 6.10 Å². The molecule has 2 heteroatoms. The molecular formula is C18H21NO. The zero-order chi connectivity index (χ0) is 14.1. The quantitative estimate of drug-likeness (QED) is 0.918. The molecule has 1 N–H and O–H groups in total. The Morgan fingerprint density at radius 3 is 2.60 bits per heavy atom. The zero-order valence-corrected chi connectivity index (χ0v) is 12.1. The highest BCUT2D eigenvalue weighted by molar-refractivity contribution is 5.34. The Morgan fingerprint density at radius 1 is 1.15 bits per heavy atom. The van der Waals surface area contributed by atoms with Gasteiger partial charge < -0.3 is 5.11 Å². The smallest absolute Gasteiger partial charge is 0.0808 e. The summed E-state index contributed by atoms with van der Waals surface area (Å²) in [4.78, 5) is 2.32. The molecule has 1 aliphatic heterocycles. The lowest BCUT2D eigenvalue weighted by Crippen LogP contribution is -2.19. The minimum absolute atomic E-state index is 0.308. The SMILES string of the molecule is Cc1ccc([C@@H](O)C[C@@H]2c3ccccc3CN2C)cc1. The van der Waals surface area contributed by atoms with Crippen LogP contribution in [0.1, 0.15) is 40.8 Å². The lowest BCUT2D eigenvalue weighted by atomic mass is 9.96. The van der Waals surface area contributed by atoms with Crippen LogP contribution in [-0.2, 0) is 6.54 Å². The zero-order valence-electron chi connectivity index (χ0n) is 12.1. The van der Waals surface area contributed by atoms with E-state index in [0.717, 1.165) is 18.5 Å². The summed E-state index contributed by atoms with van der Waals surface area (Å²) in [7, 11) is 2.13. The molecule has 0 spiro atoms. The Balaban J connectivity index is 1.79. The minimum Gasteiger partial charge on any atom is -0.388 e. The van der Waals surface area contributed by atoms with Gasteiger partial charge in [-0.1, -0.05) is 54.1 Å². The number of benzene rings is 2. The van der Waals surface area contributed by atoms with Gasteiger partial charge in [-0.2, -0.15) is 0 Å². The summed E-state index contributed by atoms with van der Waals surface area (Å²) in [6.45, 7) is 3.04. The molecule has 2 atom stereocenters. The molecule has 0 aliphatic carbocycles. The normalized spacial score (nSPS) is 19.9. The van der Waals surface area contributed by atoms with Crippen molar-refractivity contribution in [3.05, 3.63) is 70.8 Å².